The number of carbonyl (C=O) groups is 3. The van der Waals surface area contributed by atoms with Crippen molar-refractivity contribution in [3.8, 4) is 0 Å². The van der Waals surface area contributed by atoms with Gasteiger partial charge in [0.25, 0.3) is 6.47 Å². The van der Waals surface area contributed by atoms with Crippen molar-refractivity contribution in [2.24, 2.45) is 4.99 Å². The van der Waals surface area contributed by atoms with Gasteiger partial charge in [0.15, 0.2) is 0 Å². The quantitative estimate of drug-likeness (QED) is 0.128. The van der Waals surface area contributed by atoms with Crippen LogP contribution >= 0.6 is 23.5 Å². The molecule has 0 aromatic heterocycles. The molecular formula is C13H26KN2O10S2+. The van der Waals surface area contributed by atoms with Crippen LogP contribution in [-0.2, 0) is 14.4 Å². The van der Waals surface area contributed by atoms with Crippen molar-refractivity contribution in [1.29, 1.82) is 0 Å². The topological polar surface area (TPSA) is 227 Å². The molecule has 2 amide bonds. The van der Waals surface area contributed by atoms with E-state index >= 15 is 0 Å². The van der Waals surface area contributed by atoms with Gasteiger partial charge in [0.05, 0.1) is 5.75 Å². The first-order valence-corrected chi connectivity index (χ1v) is 8.79. The summed E-state index contributed by atoms with van der Waals surface area (Å²) in [4.78, 5) is 47.5. The minimum Gasteiger partial charge on any atom is -0.490 e. The number of carbonyl (C=O) groups excluding carboxylic acids is 3. The maximum Gasteiger partial charge on any atom is 1.00 e. The zero-order valence-corrected chi connectivity index (χ0v) is 19.7. The molecule has 0 spiro atoms. The number of amides is 2. The standard InChI is InChI=1S/C5H7NO2S.C5H9NO2S.CH2O2.CO2.CH4.K.2H2O/c1-9-3-4-2-6(4)5(7)8;1-9-4-2-3-6-5(7)8;2*2-1-3;;;;/h2,4H,3H2,1H3;3H,2,4H2,1H3,(H,7,8);1H,(H,2,3);;1H4;;2*1H2/q;;;;;+1;;. The molecular weight excluding hydrogens is 447 g/mol. The second-order valence-corrected chi connectivity index (χ2v) is 5.31. The molecule has 1 aliphatic heterocycles. The van der Waals surface area contributed by atoms with Gasteiger partial charge in [-0.3, -0.25) is 4.79 Å². The Morgan fingerprint density at radius 1 is 1.29 bits per heavy atom. The number of thioether (sulfide) groups is 2. The summed E-state index contributed by atoms with van der Waals surface area (Å²) in [6, 6.07) is 0.116. The van der Waals surface area contributed by atoms with Crippen LogP contribution in [0, 0.1) is 0 Å². The molecule has 1 unspecified atom stereocenters. The summed E-state index contributed by atoms with van der Waals surface area (Å²) < 4.78 is 1.20. The average Bonchev–Trinajstić information content (AvgIpc) is 3.26. The van der Waals surface area contributed by atoms with E-state index < -0.39 is 12.2 Å². The second-order valence-electron chi connectivity index (χ2n) is 3.41. The number of aliphatic imine (C=N–C) groups is 1. The van der Waals surface area contributed by atoms with Crippen LogP contribution in [-0.4, -0.2) is 93.0 Å². The maximum atomic E-state index is 10.0. The van der Waals surface area contributed by atoms with Crippen molar-refractivity contribution in [2.75, 3.05) is 24.0 Å². The molecule has 0 aromatic rings. The molecule has 160 valence electrons. The van der Waals surface area contributed by atoms with Crippen molar-refractivity contribution in [3.63, 3.8) is 0 Å². The number of rotatable bonds is 5. The van der Waals surface area contributed by atoms with E-state index in [2.05, 4.69) is 4.99 Å². The van der Waals surface area contributed by atoms with Gasteiger partial charge >= 0.3 is 69.7 Å². The van der Waals surface area contributed by atoms with Gasteiger partial charge in [-0.05, 0) is 24.7 Å². The van der Waals surface area contributed by atoms with Gasteiger partial charge in [-0.1, -0.05) is 7.43 Å². The van der Waals surface area contributed by atoms with Crippen molar-refractivity contribution in [3.05, 3.63) is 0 Å². The number of hydrogen-bond acceptors (Lipinski definition) is 8. The Morgan fingerprint density at radius 2 is 1.71 bits per heavy atom. The minimum atomic E-state index is -1.11. The van der Waals surface area contributed by atoms with Crippen LogP contribution in [0.1, 0.15) is 13.8 Å². The van der Waals surface area contributed by atoms with Crippen LogP contribution in [0.5, 0.6) is 0 Å². The summed E-state index contributed by atoms with van der Waals surface area (Å²) in [5, 5.41) is 24.9. The van der Waals surface area contributed by atoms with E-state index in [1.54, 1.807) is 29.7 Å². The largest absolute Gasteiger partial charge is 1.00 e. The zero-order chi connectivity index (χ0) is 19.4. The first kappa shape index (κ1) is 45.9. The maximum absolute atomic E-state index is 10.0. The summed E-state index contributed by atoms with van der Waals surface area (Å²) >= 11 is 3.30. The number of carboxylic acid groups (broad SMARTS) is 3. The smallest absolute Gasteiger partial charge is 0.490 e. The Hall–Kier alpha value is -0.614. The molecule has 0 aliphatic carbocycles. The summed E-state index contributed by atoms with van der Waals surface area (Å²) in [5.74, 6) is 1.77. The van der Waals surface area contributed by atoms with E-state index in [0.717, 1.165) is 17.9 Å². The molecule has 1 heterocycles. The average molecular weight is 474 g/mol. The van der Waals surface area contributed by atoms with Crippen molar-refractivity contribution in [2.45, 2.75) is 19.9 Å². The van der Waals surface area contributed by atoms with Gasteiger partial charge in [0, 0.05) is 6.21 Å². The molecule has 1 aliphatic rings. The van der Waals surface area contributed by atoms with Gasteiger partial charge in [-0.15, -0.1) is 0 Å². The van der Waals surface area contributed by atoms with Crippen LogP contribution in [0.3, 0.4) is 0 Å². The van der Waals surface area contributed by atoms with E-state index in [1.807, 2.05) is 12.5 Å². The normalized spacial score (nSPS) is 11.5. The van der Waals surface area contributed by atoms with Gasteiger partial charge in [0.2, 0.25) is 12.3 Å². The summed E-state index contributed by atoms with van der Waals surface area (Å²) in [7, 11) is 0. The monoisotopic (exact) mass is 473 g/mol. The third-order valence-corrected chi connectivity index (χ3v) is 3.12. The fraction of sp³-hybridized carbons (Fsp3) is 0.538. The van der Waals surface area contributed by atoms with Crippen LogP contribution in [0.2, 0.25) is 0 Å². The van der Waals surface area contributed by atoms with Crippen LogP contribution in [0.4, 0.5) is 9.59 Å². The predicted octanol–water partition coefficient (Wildman–Crippen LogP) is -4.25. The summed E-state index contributed by atoms with van der Waals surface area (Å²) in [6.07, 6.45) is 5.75. The molecule has 15 heteroatoms. The minimum absolute atomic E-state index is 0. The summed E-state index contributed by atoms with van der Waals surface area (Å²) in [6.45, 7) is -0.250. The van der Waals surface area contributed by atoms with Gasteiger partial charge in [-0.25, -0.2) is 4.79 Å². The molecule has 0 fully saturated rings. The molecule has 1 atom stereocenters. The second kappa shape index (κ2) is 37.2. The molecule has 12 nitrogen and oxygen atoms in total. The van der Waals surface area contributed by atoms with E-state index in [9.17, 15) is 14.7 Å². The van der Waals surface area contributed by atoms with E-state index in [4.69, 9.17) is 24.6 Å². The van der Waals surface area contributed by atoms with E-state index in [-0.39, 0.29) is 88.4 Å². The third-order valence-electron chi connectivity index (χ3n) is 1.80. The Bertz CT molecular complexity index is 472. The fourth-order valence-electron chi connectivity index (χ4n) is 0.950. The molecule has 0 bridgehead atoms. The Labute approximate surface area is 213 Å². The molecule has 0 radical (unpaired) electrons. The molecule has 28 heavy (non-hydrogen) atoms. The van der Waals surface area contributed by atoms with E-state index in [0.29, 0.717) is 0 Å². The first-order chi connectivity index (χ1) is 11.4. The molecule has 0 aromatic carbocycles. The van der Waals surface area contributed by atoms with Crippen molar-refractivity contribution < 1.29 is 106 Å². The third kappa shape index (κ3) is 44.7. The Morgan fingerprint density at radius 3 is 1.96 bits per heavy atom. The number of nitrogens with zero attached hydrogens (tertiary/aromatic N) is 2. The van der Waals surface area contributed by atoms with Gasteiger partial charge < -0.3 is 31.1 Å². The van der Waals surface area contributed by atoms with E-state index in [1.165, 1.54) is 10.8 Å². The van der Waals surface area contributed by atoms with Crippen LogP contribution < -0.4 is 56.5 Å². The number of hydrogen-bond donors (Lipinski definition) is 2. The van der Waals surface area contributed by atoms with Crippen molar-refractivity contribution in [1.82, 2.24) is 0 Å². The Kier molecular flexibility index (Phi) is 60.9. The van der Waals surface area contributed by atoms with Gasteiger partial charge in [-0.2, -0.15) is 42.7 Å². The zero-order valence-electron chi connectivity index (χ0n) is 15.0. The molecule has 1 rings (SSSR count). The van der Waals surface area contributed by atoms with Crippen LogP contribution in [0.25, 0.3) is 0 Å². The molecule has 0 saturated heterocycles. The molecule has 0 saturated carbocycles. The van der Waals surface area contributed by atoms with Crippen molar-refractivity contribution >= 4 is 60.8 Å². The fourth-order valence-corrected chi connectivity index (χ4v) is 1.88. The summed E-state index contributed by atoms with van der Waals surface area (Å²) in [5.41, 5.74) is 0. The van der Waals surface area contributed by atoms with Crippen LogP contribution in [0.15, 0.2) is 4.99 Å². The predicted molar refractivity (Wildman–Crippen MR) is 101 cm³/mol. The SMILES string of the molecule is C.CSCC1C=[N+]1C(=O)[O-].CSCCC=NC(=O)O.O.O.O=C=O.O=CO.[K+]. The Balaban J connectivity index is -0.0000000443. The van der Waals surface area contributed by atoms with Gasteiger partial charge in [0.1, 0.15) is 0 Å². The molecule has 6 N–H and O–H groups in total. The first-order valence-electron chi connectivity index (χ1n) is 6.00.